The smallest absolute Gasteiger partial charge is 0.0951 e. The second-order valence-electron chi connectivity index (χ2n) is 4.86. The van der Waals surface area contributed by atoms with Crippen molar-refractivity contribution in [3.8, 4) is 0 Å². The Bertz CT molecular complexity index is 234. The maximum Gasteiger partial charge on any atom is 0.0951 e. The number of rotatable bonds is 3. The molecule has 0 amide bonds. The second kappa shape index (κ2) is 4.64. The Morgan fingerprint density at radius 2 is 2.40 bits per heavy atom. The van der Waals surface area contributed by atoms with Gasteiger partial charge in [-0.15, -0.1) is 0 Å². The topological polar surface area (TPSA) is 30.5 Å². The molecule has 2 atom stereocenters. The minimum atomic E-state index is 0.0188. The predicted octanol–water partition coefficient (Wildman–Crippen LogP) is 1.49. The first kappa shape index (κ1) is 11.1. The van der Waals surface area contributed by atoms with Crippen LogP contribution in [-0.4, -0.2) is 38.0 Å². The summed E-state index contributed by atoms with van der Waals surface area (Å²) in [4.78, 5) is 0. The van der Waals surface area contributed by atoms with Gasteiger partial charge >= 0.3 is 0 Å². The molecule has 0 aromatic rings. The van der Waals surface area contributed by atoms with Gasteiger partial charge in [0.05, 0.1) is 12.2 Å². The fourth-order valence-corrected chi connectivity index (χ4v) is 2.38. The van der Waals surface area contributed by atoms with Crippen LogP contribution < -0.4 is 5.32 Å². The minimum Gasteiger partial charge on any atom is -0.378 e. The van der Waals surface area contributed by atoms with E-state index < -0.39 is 0 Å². The molecule has 1 N–H and O–H groups in total. The van der Waals surface area contributed by atoms with Crippen LogP contribution >= 0.6 is 0 Å². The van der Waals surface area contributed by atoms with Crippen molar-refractivity contribution in [3.63, 3.8) is 0 Å². The Morgan fingerprint density at radius 3 is 3.07 bits per heavy atom. The first-order valence-electron chi connectivity index (χ1n) is 5.80. The summed E-state index contributed by atoms with van der Waals surface area (Å²) >= 11 is 0. The van der Waals surface area contributed by atoms with Crippen molar-refractivity contribution in [1.82, 2.24) is 5.32 Å². The maximum absolute atomic E-state index is 5.88. The summed E-state index contributed by atoms with van der Waals surface area (Å²) in [5, 5.41) is 3.54. The Hall–Kier alpha value is -0.380. The highest BCUT2D eigenvalue weighted by Crippen LogP contribution is 2.32. The van der Waals surface area contributed by atoms with Gasteiger partial charge in [0.25, 0.3) is 0 Å². The molecule has 2 aliphatic heterocycles. The van der Waals surface area contributed by atoms with Crippen LogP contribution in [0.1, 0.15) is 26.2 Å². The summed E-state index contributed by atoms with van der Waals surface area (Å²) in [5.41, 5.74) is 1.21. The van der Waals surface area contributed by atoms with Crippen LogP contribution in [0.15, 0.2) is 12.2 Å². The number of hydrogen-bond donors (Lipinski definition) is 1. The van der Waals surface area contributed by atoms with Crippen LogP contribution in [0.3, 0.4) is 0 Å². The molecule has 3 heteroatoms. The molecule has 2 aliphatic rings. The van der Waals surface area contributed by atoms with E-state index >= 15 is 0 Å². The van der Waals surface area contributed by atoms with E-state index in [-0.39, 0.29) is 5.60 Å². The molecule has 2 heterocycles. The van der Waals surface area contributed by atoms with Crippen molar-refractivity contribution in [2.75, 3.05) is 26.4 Å². The molecule has 1 spiro atoms. The highest BCUT2D eigenvalue weighted by atomic mass is 16.6. The molecular weight excluding hydrogens is 190 g/mol. The summed E-state index contributed by atoms with van der Waals surface area (Å²) in [6.45, 7) is 9.37. The molecule has 2 unspecified atom stereocenters. The number of ether oxygens (including phenoxy) is 2. The highest BCUT2D eigenvalue weighted by Gasteiger charge is 2.40. The second-order valence-corrected chi connectivity index (χ2v) is 4.86. The summed E-state index contributed by atoms with van der Waals surface area (Å²) < 4.78 is 11.3. The fourth-order valence-electron chi connectivity index (χ4n) is 2.38. The van der Waals surface area contributed by atoms with E-state index in [4.69, 9.17) is 9.47 Å². The van der Waals surface area contributed by atoms with Crippen LogP contribution in [-0.2, 0) is 9.47 Å². The van der Waals surface area contributed by atoms with Gasteiger partial charge in [0.1, 0.15) is 0 Å². The van der Waals surface area contributed by atoms with Crippen LogP contribution in [0.4, 0.5) is 0 Å². The largest absolute Gasteiger partial charge is 0.378 e. The standard InChI is InChI=1S/C12H21NO2/c1-10(2)8-13-11-3-5-15-12(7-11)4-6-14-9-12/h11,13H,1,3-9H2,2H3. The summed E-state index contributed by atoms with van der Waals surface area (Å²) in [7, 11) is 0. The van der Waals surface area contributed by atoms with Gasteiger partial charge in [-0.25, -0.2) is 0 Å². The van der Waals surface area contributed by atoms with E-state index in [0.29, 0.717) is 6.04 Å². The van der Waals surface area contributed by atoms with Crippen molar-refractivity contribution >= 4 is 0 Å². The molecule has 0 aromatic carbocycles. The lowest BCUT2D eigenvalue weighted by Crippen LogP contribution is -2.47. The molecule has 86 valence electrons. The van der Waals surface area contributed by atoms with Gasteiger partial charge < -0.3 is 14.8 Å². The lowest BCUT2D eigenvalue weighted by Gasteiger charge is -2.37. The van der Waals surface area contributed by atoms with E-state index in [9.17, 15) is 0 Å². The maximum atomic E-state index is 5.88. The fraction of sp³-hybridized carbons (Fsp3) is 0.833. The van der Waals surface area contributed by atoms with Crippen molar-refractivity contribution in [2.24, 2.45) is 0 Å². The number of nitrogens with one attached hydrogen (secondary N) is 1. The lowest BCUT2D eigenvalue weighted by molar-refractivity contribution is -0.0889. The van der Waals surface area contributed by atoms with Crippen LogP contribution in [0.5, 0.6) is 0 Å². The van der Waals surface area contributed by atoms with Crippen LogP contribution in [0.2, 0.25) is 0 Å². The average molecular weight is 211 g/mol. The molecule has 2 saturated heterocycles. The van der Waals surface area contributed by atoms with Gasteiger partial charge in [0.2, 0.25) is 0 Å². The Morgan fingerprint density at radius 1 is 1.53 bits per heavy atom. The molecule has 15 heavy (non-hydrogen) atoms. The Labute approximate surface area is 91.8 Å². The molecular formula is C12H21NO2. The molecule has 2 fully saturated rings. The average Bonchev–Trinajstić information content (AvgIpc) is 2.63. The van der Waals surface area contributed by atoms with E-state index in [1.54, 1.807) is 0 Å². The molecule has 2 rings (SSSR count). The van der Waals surface area contributed by atoms with Crippen molar-refractivity contribution in [2.45, 2.75) is 37.8 Å². The highest BCUT2D eigenvalue weighted by molar-refractivity contribution is 4.96. The first-order chi connectivity index (χ1) is 7.20. The molecule has 0 aromatic heterocycles. The number of hydrogen-bond acceptors (Lipinski definition) is 3. The van der Waals surface area contributed by atoms with Crippen molar-refractivity contribution < 1.29 is 9.47 Å². The van der Waals surface area contributed by atoms with E-state index in [1.165, 1.54) is 5.57 Å². The van der Waals surface area contributed by atoms with Crippen LogP contribution in [0.25, 0.3) is 0 Å². The third-order valence-electron chi connectivity index (χ3n) is 3.25. The van der Waals surface area contributed by atoms with Gasteiger partial charge in [0, 0.05) is 32.2 Å². The zero-order valence-corrected chi connectivity index (χ0v) is 9.55. The van der Waals surface area contributed by atoms with E-state index in [1.807, 2.05) is 0 Å². The van der Waals surface area contributed by atoms with Crippen molar-refractivity contribution in [1.29, 1.82) is 0 Å². The Balaban J connectivity index is 1.84. The molecule has 0 bridgehead atoms. The van der Waals surface area contributed by atoms with Gasteiger partial charge in [-0.2, -0.15) is 0 Å². The zero-order valence-electron chi connectivity index (χ0n) is 9.55. The third kappa shape index (κ3) is 2.80. The normalized spacial score (nSPS) is 35.9. The van der Waals surface area contributed by atoms with E-state index in [2.05, 4.69) is 18.8 Å². The molecule has 3 nitrogen and oxygen atoms in total. The third-order valence-corrected chi connectivity index (χ3v) is 3.25. The van der Waals surface area contributed by atoms with Gasteiger partial charge in [-0.3, -0.25) is 0 Å². The minimum absolute atomic E-state index is 0.0188. The summed E-state index contributed by atoms with van der Waals surface area (Å²) in [5.74, 6) is 0. The zero-order chi connectivity index (χ0) is 10.7. The molecule has 0 radical (unpaired) electrons. The quantitative estimate of drug-likeness (QED) is 0.717. The van der Waals surface area contributed by atoms with Gasteiger partial charge in [-0.1, -0.05) is 12.2 Å². The van der Waals surface area contributed by atoms with Gasteiger partial charge in [0.15, 0.2) is 0 Å². The molecule has 0 saturated carbocycles. The van der Waals surface area contributed by atoms with Crippen molar-refractivity contribution in [3.05, 3.63) is 12.2 Å². The van der Waals surface area contributed by atoms with E-state index in [0.717, 1.165) is 45.6 Å². The predicted molar refractivity (Wildman–Crippen MR) is 60.0 cm³/mol. The van der Waals surface area contributed by atoms with Gasteiger partial charge in [-0.05, 0) is 19.8 Å². The SMILES string of the molecule is C=C(C)CNC1CCOC2(CCOC2)C1. The van der Waals surface area contributed by atoms with Crippen LogP contribution in [0, 0.1) is 0 Å². The Kier molecular flexibility index (Phi) is 3.44. The summed E-state index contributed by atoms with van der Waals surface area (Å²) in [6, 6.07) is 0.567. The monoisotopic (exact) mass is 211 g/mol. The summed E-state index contributed by atoms with van der Waals surface area (Å²) in [6.07, 6.45) is 3.24. The first-order valence-corrected chi connectivity index (χ1v) is 5.80. The lowest BCUT2D eigenvalue weighted by atomic mass is 9.89. The molecule has 0 aliphatic carbocycles.